The van der Waals surface area contributed by atoms with E-state index >= 15 is 0 Å². The van der Waals surface area contributed by atoms with Crippen LogP contribution in [0.25, 0.3) is 44.4 Å². The van der Waals surface area contributed by atoms with E-state index in [1.165, 1.54) is 33.4 Å². The van der Waals surface area contributed by atoms with Gasteiger partial charge in [0.25, 0.3) is 0 Å². The number of aromatic nitrogens is 4. The van der Waals surface area contributed by atoms with Gasteiger partial charge in [-0.05, 0) is 97.5 Å². The summed E-state index contributed by atoms with van der Waals surface area (Å²) in [5.41, 5.74) is 13.5. The Balaban J connectivity index is 0.00000432. The van der Waals surface area contributed by atoms with Crippen LogP contribution in [0.1, 0.15) is 79.7 Å². The predicted molar refractivity (Wildman–Crippen MR) is 202 cm³/mol. The molecule has 4 aromatic carbocycles. The van der Waals surface area contributed by atoms with Crippen LogP contribution in [0.4, 0.5) is 0 Å². The third-order valence-corrected chi connectivity index (χ3v) is 9.58. The maximum atomic E-state index is 6.63. The Kier molecular flexibility index (Phi) is 9.43. The predicted octanol–water partition coefficient (Wildman–Crippen LogP) is 11.4. The summed E-state index contributed by atoms with van der Waals surface area (Å²) < 4.78 is 10.8. The molecular formula is C44H44N4OPt. The maximum Gasteiger partial charge on any atom is 2.00 e. The maximum absolute atomic E-state index is 6.63. The second-order valence-corrected chi connectivity index (χ2v) is 14.7. The summed E-state index contributed by atoms with van der Waals surface area (Å²) in [5, 5.41) is 7.31. The minimum absolute atomic E-state index is 0. The molecule has 0 saturated heterocycles. The van der Waals surface area contributed by atoms with Gasteiger partial charge in [-0.2, -0.15) is 11.2 Å². The molecule has 0 aliphatic carbocycles. The van der Waals surface area contributed by atoms with Crippen LogP contribution in [-0.4, -0.2) is 19.3 Å². The molecule has 0 aliphatic rings. The van der Waals surface area contributed by atoms with E-state index in [2.05, 4.69) is 153 Å². The minimum Gasteiger partial charge on any atom is -0.509 e. The number of hydrogen-bond acceptors (Lipinski definition) is 3. The zero-order chi connectivity index (χ0) is 34.8. The molecule has 0 unspecified atom stereocenters. The minimum atomic E-state index is -0.00651. The van der Waals surface area contributed by atoms with E-state index in [0.717, 1.165) is 50.3 Å². The number of benzene rings is 4. The third-order valence-electron chi connectivity index (χ3n) is 9.58. The van der Waals surface area contributed by atoms with Crippen molar-refractivity contribution in [3.8, 4) is 34.1 Å². The first-order chi connectivity index (χ1) is 23.3. The molecule has 0 atom stereocenters. The number of fused-ring (bicyclic) bond motifs is 3. The molecular weight excluding hydrogens is 796 g/mol. The van der Waals surface area contributed by atoms with Crippen LogP contribution in [-0.2, 0) is 26.5 Å². The summed E-state index contributed by atoms with van der Waals surface area (Å²) in [6.07, 6.45) is 1.90. The summed E-state index contributed by atoms with van der Waals surface area (Å²) in [6, 6.07) is 32.8. The normalized spacial score (nSPS) is 11.8. The van der Waals surface area contributed by atoms with Crippen molar-refractivity contribution in [2.75, 3.05) is 0 Å². The molecule has 0 amide bonds. The topological polar surface area (TPSA) is 44.9 Å². The molecule has 0 spiro atoms. The summed E-state index contributed by atoms with van der Waals surface area (Å²) >= 11 is 0. The first-order valence-corrected chi connectivity index (χ1v) is 17.1. The van der Waals surface area contributed by atoms with Gasteiger partial charge in [0.05, 0.1) is 5.69 Å². The van der Waals surface area contributed by atoms with Crippen LogP contribution < -0.4 is 4.74 Å². The third kappa shape index (κ3) is 6.33. The second-order valence-electron chi connectivity index (χ2n) is 14.7. The second kappa shape index (κ2) is 13.3. The fraction of sp³-hybridized carbons (Fsp3) is 0.273. The van der Waals surface area contributed by atoms with Crippen molar-refractivity contribution in [2.24, 2.45) is 0 Å². The van der Waals surface area contributed by atoms with E-state index in [1.807, 2.05) is 16.9 Å². The standard InChI is InChI=1S/C44H44N4O.Pt/c1-26(2)32-21-34(48-31(7)43(30(6)46-48)42-28(4)19-27(3)20-29(42)5)24-36(22-32)49-35-15-16-38-37-13-11-12-14-39(37)47(40(38)25-35)41-23-33(17-18-45-41)44(8,9)10;/h11-23,26H,1-10H3;/q-2;+2. The van der Waals surface area contributed by atoms with Gasteiger partial charge in [0.2, 0.25) is 0 Å². The van der Waals surface area contributed by atoms with E-state index in [9.17, 15) is 0 Å². The van der Waals surface area contributed by atoms with Gasteiger partial charge in [-0.1, -0.05) is 76.0 Å². The molecule has 0 fully saturated rings. The van der Waals surface area contributed by atoms with E-state index in [-0.39, 0.29) is 32.4 Å². The molecule has 0 N–H and O–H groups in total. The molecule has 256 valence electrons. The summed E-state index contributed by atoms with van der Waals surface area (Å²) in [4.78, 5) is 4.83. The Labute approximate surface area is 310 Å². The van der Waals surface area contributed by atoms with E-state index in [0.29, 0.717) is 11.5 Å². The van der Waals surface area contributed by atoms with Crippen molar-refractivity contribution in [2.45, 2.75) is 80.6 Å². The zero-order valence-corrected chi connectivity index (χ0v) is 32.9. The van der Waals surface area contributed by atoms with Crippen LogP contribution >= 0.6 is 0 Å². The van der Waals surface area contributed by atoms with Crippen LogP contribution in [0, 0.1) is 46.8 Å². The van der Waals surface area contributed by atoms with Crippen molar-refractivity contribution in [1.82, 2.24) is 19.3 Å². The molecule has 0 radical (unpaired) electrons. The van der Waals surface area contributed by atoms with Gasteiger partial charge in [-0.15, -0.1) is 41.3 Å². The molecule has 5 nitrogen and oxygen atoms in total. The molecule has 7 aromatic rings. The van der Waals surface area contributed by atoms with Crippen molar-refractivity contribution >= 4 is 21.8 Å². The molecule has 6 heteroatoms. The van der Waals surface area contributed by atoms with Crippen LogP contribution in [0.15, 0.2) is 79.0 Å². The Hall–Kier alpha value is -4.47. The van der Waals surface area contributed by atoms with Gasteiger partial charge in [0, 0.05) is 34.5 Å². The molecule has 3 heterocycles. The van der Waals surface area contributed by atoms with Gasteiger partial charge in [0.1, 0.15) is 5.82 Å². The quantitative estimate of drug-likeness (QED) is 0.157. The molecule has 0 bridgehead atoms. The molecule has 50 heavy (non-hydrogen) atoms. The average Bonchev–Trinajstić information content (AvgIpc) is 3.53. The van der Waals surface area contributed by atoms with E-state index < -0.39 is 0 Å². The van der Waals surface area contributed by atoms with Gasteiger partial charge in [-0.3, -0.25) is 4.68 Å². The number of hydrogen-bond donors (Lipinski definition) is 0. The Bertz CT molecular complexity index is 2370. The molecule has 0 saturated carbocycles. The smallest absolute Gasteiger partial charge is 0.509 e. The monoisotopic (exact) mass is 839 g/mol. The molecule has 7 rings (SSSR count). The first-order valence-electron chi connectivity index (χ1n) is 17.1. The first kappa shape index (κ1) is 35.4. The Morgan fingerprint density at radius 3 is 2.18 bits per heavy atom. The van der Waals surface area contributed by atoms with E-state index in [4.69, 9.17) is 14.8 Å². The number of ether oxygens (including phenoxy) is 1. The van der Waals surface area contributed by atoms with Crippen molar-refractivity contribution in [1.29, 1.82) is 0 Å². The fourth-order valence-electron chi connectivity index (χ4n) is 7.16. The van der Waals surface area contributed by atoms with Gasteiger partial charge < -0.3 is 9.30 Å². The van der Waals surface area contributed by atoms with E-state index in [1.54, 1.807) is 0 Å². The Morgan fingerprint density at radius 2 is 1.48 bits per heavy atom. The van der Waals surface area contributed by atoms with Crippen molar-refractivity contribution in [3.63, 3.8) is 0 Å². The van der Waals surface area contributed by atoms with Crippen molar-refractivity contribution in [3.05, 3.63) is 130 Å². The zero-order valence-electron chi connectivity index (χ0n) is 30.6. The average molecular weight is 840 g/mol. The SMILES string of the molecule is Cc1cc(C)c(-c2c(C)nn(-c3[c-]c(Oc4[c-]c5c(cc4)c4ccccc4n5-c4cc(C(C)(C)C)ccn4)cc(C(C)C)c3)c2C)c(C)c1.[Pt+2]. The van der Waals surface area contributed by atoms with Crippen LogP contribution in [0.2, 0.25) is 0 Å². The summed E-state index contributed by atoms with van der Waals surface area (Å²) in [6.45, 7) is 21.8. The Morgan fingerprint density at radius 1 is 0.760 bits per heavy atom. The molecule has 0 aliphatic heterocycles. The number of aryl methyl sites for hydroxylation is 4. The number of nitrogens with zero attached hydrogens (tertiary/aromatic N) is 4. The number of para-hydroxylation sites is 1. The summed E-state index contributed by atoms with van der Waals surface area (Å²) in [5.74, 6) is 2.39. The van der Waals surface area contributed by atoms with Crippen LogP contribution in [0.3, 0.4) is 0 Å². The fourth-order valence-corrected chi connectivity index (χ4v) is 7.16. The van der Waals surface area contributed by atoms with Gasteiger partial charge >= 0.3 is 21.1 Å². The van der Waals surface area contributed by atoms with Crippen molar-refractivity contribution < 1.29 is 25.8 Å². The van der Waals surface area contributed by atoms with Crippen LogP contribution in [0.5, 0.6) is 11.5 Å². The summed E-state index contributed by atoms with van der Waals surface area (Å²) in [7, 11) is 0. The largest absolute Gasteiger partial charge is 2.00 e. The van der Waals surface area contributed by atoms with Gasteiger partial charge in [-0.25, -0.2) is 4.98 Å². The van der Waals surface area contributed by atoms with Gasteiger partial charge in [0.15, 0.2) is 0 Å². The molecule has 3 aromatic heterocycles. The number of pyridine rings is 1. The number of rotatable bonds is 6.